The largest absolute Gasteiger partial charge is 0.346 e. The van der Waals surface area contributed by atoms with Gasteiger partial charge in [0, 0.05) is 19.8 Å². The molecule has 0 radical (unpaired) electrons. The Morgan fingerprint density at radius 1 is 1.33 bits per heavy atom. The summed E-state index contributed by atoms with van der Waals surface area (Å²) in [4.78, 5) is 9.33. The zero-order chi connectivity index (χ0) is 6.99. The van der Waals surface area contributed by atoms with Gasteiger partial charge in [-0.15, -0.1) is 0 Å². The minimum absolute atomic E-state index is 0. The number of unbranched alkanes of at least 4 members (excludes halogenated alkanes) is 1. The summed E-state index contributed by atoms with van der Waals surface area (Å²) in [7, 11) is 0. The van der Waals surface area contributed by atoms with Gasteiger partial charge in [-0.1, -0.05) is 0 Å². The maximum atomic E-state index is 9.33. The van der Waals surface area contributed by atoms with E-state index in [1.54, 1.807) is 0 Å². The van der Waals surface area contributed by atoms with Crippen LogP contribution in [0.5, 0.6) is 0 Å². The second-order valence-corrected chi connectivity index (χ2v) is 1.41. The fourth-order valence-electron chi connectivity index (χ4n) is 0. The van der Waals surface area contributed by atoms with Crippen LogP contribution >= 0.6 is 0 Å². The molecule has 0 spiro atoms. The normalized spacial score (nSPS) is 6.11. The molecule has 0 aromatic rings. The van der Waals surface area contributed by atoms with E-state index in [0.29, 0.717) is 0 Å². The van der Waals surface area contributed by atoms with Crippen LogP contribution in [0.3, 0.4) is 0 Å². The van der Waals surface area contributed by atoms with Gasteiger partial charge in [0.25, 0.3) is 0 Å². The van der Waals surface area contributed by atoms with Gasteiger partial charge in [0.1, 0.15) is 0 Å². The molecule has 0 aliphatic rings. The smallest absolute Gasteiger partial charge is 0 e. The van der Waals surface area contributed by atoms with Crippen molar-refractivity contribution < 1.29 is 24.6 Å². The molecule has 0 aromatic carbocycles. The second-order valence-electron chi connectivity index (χ2n) is 1.41. The Morgan fingerprint density at radius 2 is 1.44 bits per heavy atom. The molecule has 9 heavy (non-hydrogen) atoms. The van der Waals surface area contributed by atoms with E-state index < -0.39 is 0 Å². The Balaban J connectivity index is -0.0000000720. The van der Waals surface area contributed by atoms with Gasteiger partial charge in [-0.25, -0.2) is 12.8 Å². The summed E-state index contributed by atoms with van der Waals surface area (Å²) in [5.74, 6) is -0.0833. The molecule has 0 aliphatic heterocycles. The quantitative estimate of drug-likeness (QED) is 0.676. The van der Waals surface area contributed by atoms with Crippen molar-refractivity contribution in [1.29, 1.82) is 0 Å². The van der Waals surface area contributed by atoms with Crippen molar-refractivity contribution in [3.8, 4) is 0 Å². The van der Waals surface area contributed by atoms with Crippen molar-refractivity contribution in [2.75, 3.05) is 0 Å². The summed E-state index contributed by atoms with van der Waals surface area (Å²) in [6.45, 7) is 11.5. The Hall–Kier alpha value is 0.176. The maximum absolute atomic E-state index is 9.33. The summed E-state index contributed by atoms with van der Waals surface area (Å²) in [5, 5.41) is 0. The number of hydrogen-bond acceptors (Lipinski definition) is 1. The van der Waals surface area contributed by atoms with E-state index in [0.717, 1.165) is 12.8 Å². The van der Waals surface area contributed by atoms with Gasteiger partial charge in [0.2, 0.25) is 0 Å². The number of carbonyl (C=O) groups is 1. The molecule has 0 amide bonds. The van der Waals surface area contributed by atoms with E-state index in [-0.39, 0.29) is 25.6 Å². The Bertz CT molecular complexity index is 46.9. The van der Waals surface area contributed by atoms with E-state index in [4.69, 9.17) is 0 Å². The number of rotatable bonds is 1. The molecule has 0 fully saturated rings. The molecule has 2 heteroatoms. The standard InChI is InChI=1S/C4H8.C3H5O.Os/c1-3-4-2;1-3(2)4;/h1-4H2;1H2,2H3;/q-2;-1;. The zero-order valence-corrected chi connectivity index (χ0v) is 8.34. The molecule has 0 N–H and O–H groups in total. The first-order chi connectivity index (χ1) is 3.65. The molecule has 0 rings (SSSR count). The van der Waals surface area contributed by atoms with Crippen molar-refractivity contribution in [3.05, 3.63) is 20.8 Å². The van der Waals surface area contributed by atoms with E-state index in [9.17, 15) is 4.79 Å². The van der Waals surface area contributed by atoms with Gasteiger partial charge in [0.05, 0.1) is 0 Å². The maximum Gasteiger partial charge on any atom is 0 e. The second kappa shape index (κ2) is 15.7. The third-order valence-corrected chi connectivity index (χ3v) is 0.250. The van der Waals surface area contributed by atoms with Gasteiger partial charge >= 0.3 is 0 Å². The van der Waals surface area contributed by atoms with E-state index >= 15 is 0 Å². The molecule has 0 unspecified atom stereocenters. The average molecular weight is 303 g/mol. The first-order valence-corrected chi connectivity index (χ1v) is 2.56. The summed E-state index contributed by atoms with van der Waals surface area (Å²) in [5.41, 5.74) is 0. The minimum atomic E-state index is -0.0833. The summed E-state index contributed by atoms with van der Waals surface area (Å²) in [6.07, 6.45) is 1.92. The van der Waals surface area contributed by atoms with E-state index in [1.165, 1.54) is 6.92 Å². The van der Waals surface area contributed by atoms with Crippen LogP contribution in [0.15, 0.2) is 0 Å². The van der Waals surface area contributed by atoms with Crippen LogP contribution in [-0.4, -0.2) is 5.78 Å². The zero-order valence-electron chi connectivity index (χ0n) is 5.80. The third kappa shape index (κ3) is 225. The monoisotopic (exact) mass is 305 g/mol. The predicted molar refractivity (Wildman–Crippen MR) is 36.0 cm³/mol. The molecule has 0 aromatic heterocycles. The average Bonchev–Trinajstić information content (AvgIpc) is 1.65. The topological polar surface area (TPSA) is 17.1 Å². The Kier molecular flexibility index (Phi) is 28.1. The van der Waals surface area contributed by atoms with Crippen molar-refractivity contribution in [1.82, 2.24) is 0 Å². The predicted octanol–water partition coefficient (Wildman–Crippen LogP) is 1.84. The molecule has 0 heterocycles. The van der Waals surface area contributed by atoms with Crippen LogP contribution in [0.25, 0.3) is 0 Å². The molecule has 1 nitrogen and oxygen atoms in total. The minimum Gasteiger partial charge on any atom is -0.346 e. The van der Waals surface area contributed by atoms with Crippen LogP contribution in [0.1, 0.15) is 19.8 Å². The Morgan fingerprint density at radius 3 is 1.44 bits per heavy atom. The van der Waals surface area contributed by atoms with Gasteiger partial charge in [-0.05, 0) is 12.7 Å². The molecule has 0 atom stereocenters. The van der Waals surface area contributed by atoms with Crippen LogP contribution in [0, 0.1) is 20.8 Å². The summed E-state index contributed by atoms with van der Waals surface area (Å²) < 4.78 is 0. The fraction of sp³-hybridized carbons (Fsp3) is 0.429. The molecule has 0 saturated heterocycles. The van der Waals surface area contributed by atoms with E-state index in [2.05, 4.69) is 20.8 Å². The van der Waals surface area contributed by atoms with Gasteiger partial charge in [0.15, 0.2) is 0 Å². The fourth-order valence-corrected chi connectivity index (χ4v) is 0. The van der Waals surface area contributed by atoms with Gasteiger partial charge in [-0.3, -0.25) is 0 Å². The molecule has 0 saturated carbocycles. The first-order valence-electron chi connectivity index (χ1n) is 2.56. The third-order valence-electron chi connectivity index (χ3n) is 0.250. The Labute approximate surface area is 71.3 Å². The summed E-state index contributed by atoms with van der Waals surface area (Å²) in [6, 6.07) is 0. The van der Waals surface area contributed by atoms with Crippen LogP contribution in [0.2, 0.25) is 0 Å². The SMILES string of the molecule is [CH2-]C(C)=O.[CH2-]CC[CH2-].[Os]. The molecular formula is C7H13OOs-3. The van der Waals surface area contributed by atoms with Gasteiger partial charge in [-0.2, -0.15) is 0 Å². The van der Waals surface area contributed by atoms with Crippen LogP contribution in [0.4, 0.5) is 0 Å². The number of ketones is 1. The number of Topliss-reactive ketones (excluding diaryl/α,β-unsaturated/α-hetero) is 1. The van der Waals surface area contributed by atoms with Crippen molar-refractivity contribution in [2.24, 2.45) is 0 Å². The van der Waals surface area contributed by atoms with Crippen molar-refractivity contribution >= 4 is 5.78 Å². The first kappa shape index (κ1) is 16.1. The number of hydrogen-bond donors (Lipinski definition) is 0. The van der Waals surface area contributed by atoms with Crippen LogP contribution in [-0.2, 0) is 24.6 Å². The van der Waals surface area contributed by atoms with Crippen molar-refractivity contribution in [3.63, 3.8) is 0 Å². The summed E-state index contributed by atoms with van der Waals surface area (Å²) >= 11 is 0. The van der Waals surface area contributed by atoms with Crippen LogP contribution < -0.4 is 0 Å². The molecular weight excluding hydrogens is 290 g/mol. The molecule has 0 bridgehead atoms. The molecule has 0 aliphatic carbocycles. The molecule has 58 valence electrons. The van der Waals surface area contributed by atoms with E-state index in [1.807, 2.05) is 0 Å². The van der Waals surface area contributed by atoms with Gasteiger partial charge < -0.3 is 25.6 Å². The number of carbonyl (C=O) groups excluding carboxylic acids is 1. The van der Waals surface area contributed by atoms with Crippen molar-refractivity contribution in [2.45, 2.75) is 19.8 Å².